The molecular weight excluding hydrogens is 236 g/mol. The predicted molar refractivity (Wildman–Crippen MR) is 79.3 cm³/mol. The first-order valence-electron chi connectivity index (χ1n) is 7.28. The Bertz CT molecular complexity index is 413. The van der Waals surface area contributed by atoms with Gasteiger partial charge in [-0.2, -0.15) is 0 Å². The largest absolute Gasteiger partial charge is 0.496 e. The van der Waals surface area contributed by atoms with Crippen LogP contribution < -0.4 is 10.5 Å². The molecule has 1 atom stereocenters. The van der Waals surface area contributed by atoms with Crippen LogP contribution in [0.5, 0.6) is 5.75 Å². The molecule has 19 heavy (non-hydrogen) atoms. The zero-order chi connectivity index (χ0) is 13.8. The fourth-order valence-electron chi connectivity index (χ4n) is 2.42. The van der Waals surface area contributed by atoms with Crippen LogP contribution in [0.1, 0.15) is 43.9 Å². The van der Waals surface area contributed by atoms with Crippen molar-refractivity contribution in [1.29, 1.82) is 0 Å². The molecule has 0 spiro atoms. The Kier molecular flexibility index (Phi) is 4.83. The number of methoxy groups -OCH3 is 1. The fraction of sp³-hybridized carbons (Fsp3) is 0.625. The monoisotopic (exact) mass is 262 g/mol. The lowest BCUT2D eigenvalue weighted by Gasteiger charge is -2.22. The van der Waals surface area contributed by atoms with Gasteiger partial charge in [-0.05, 0) is 49.9 Å². The molecule has 1 aliphatic rings. The number of ether oxygens (including phenoxy) is 1. The third kappa shape index (κ3) is 3.95. The van der Waals surface area contributed by atoms with Crippen LogP contribution in [0.15, 0.2) is 18.2 Å². The molecule has 1 aliphatic carbocycles. The standard InChI is InChI=1S/C16H26N2O/c1-4-18(10-13-5-6-13)11-15-9-14(12(2)17)7-8-16(15)19-3/h7-9,12-13H,4-6,10-11,17H2,1-3H3. The molecule has 0 saturated heterocycles. The summed E-state index contributed by atoms with van der Waals surface area (Å²) in [5.41, 5.74) is 8.40. The van der Waals surface area contributed by atoms with E-state index in [2.05, 4.69) is 24.0 Å². The molecule has 2 N–H and O–H groups in total. The highest BCUT2D eigenvalue weighted by atomic mass is 16.5. The van der Waals surface area contributed by atoms with Gasteiger partial charge in [-0.3, -0.25) is 4.90 Å². The number of nitrogens with two attached hydrogens (primary N) is 1. The molecule has 1 aromatic carbocycles. The Balaban J connectivity index is 2.12. The van der Waals surface area contributed by atoms with Gasteiger partial charge in [-0.15, -0.1) is 0 Å². The van der Waals surface area contributed by atoms with Gasteiger partial charge in [0.1, 0.15) is 5.75 Å². The van der Waals surface area contributed by atoms with Crippen LogP contribution in [0, 0.1) is 5.92 Å². The molecule has 0 aliphatic heterocycles. The van der Waals surface area contributed by atoms with Gasteiger partial charge < -0.3 is 10.5 Å². The summed E-state index contributed by atoms with van der Waals surface area (Å²) in [5, 5.41) is 0. The van der Waals surface area contributed by atoms with Crippen molar-refractivity contribution in [2.45, 2.75) is 39.3 Å². The number of nitrogens with zero attached hydrogens (tertiary/aromatic N) is 1. The van der Waals surface area contributed by atoms with E-state index < -0.39 is 0 Å². The molecule has 1 fully saturated rings. The van der Waals surface area contributed by atoms with Crippen molar-refractivity contribution in [3.63, 3.8) is 0 Å². The molecular formula is C16H26N2O. The quantitative estimate of drug-likeness (QED) is 0.821. The maximum Gasteiger partial charge on any atom is 0.123 e. The van der Waals surface area contributed by atoms with E-state index in [4.69, 9.17) is 10.5 Å². The van der Waals surface area contributed by atoms with Gasteiger partial charge in [0.2, 0.25) is 0 Å². The fourth-order valence-corrected chi connectivity index (χ4v) is 2.42. The third-order valence-corrected chi connectivity index (χ3v) is 3.88. The third-order valence-electron chi connectivity index (χ3n) is 3.88. The smallest absolute Gasteiger partial charge is 0.123 e. The van der Waals surface area contributed by atoms with Gasteiger partial charge in [0.15, 0.2) is 0 Å². The average molecular weight is 262 g/mol. The Morgan fingerprint density at radius 2 is 2.16 bits per heavy atom. The number of rotatable bonds is 7. The summed E-state index contributed by atoms with van der Waals surface area (Å²) in [6, 6.07) is 6.37. The topological polar surface area (TPSA) is 38.5 Å². The van der Waals surface area contributed by atoms with E-state index in [0.717, 1.165) is 24.8 Å². The summed E-state index contributed by atoms with van der Waals surface area (Å²) in [4.78, 5) is 2.50. The first kappa shape index (κ1) is 14.4. The van der Waals surface area contributed by atoms with E-state index in [1.54, 1.807) is 7.11 Å². The molecule has 0 aromatic heterocycles. The van der Waals surface area contributed by atoms with Crippen molar-refractivity contribution in [1.82, 2.24) is 4.90 Å². The second-order valence-electron chi connectivity index (χ2n) is 5.63. The second kappa shape index (κ2) is 6.40. The average Bonchev–Trinajstić information content (AvgIpc) is 3.21. The molecule has 0 radical (unpaired) electrons. The molecule has 1 saturated carbocycles. The molecule has 0 bridgehead atoms. The second-order valence-corrected chi connectivity index (χ2v) is 5.63. The molecule has 3 nitrogen and oxygen atoms in total. The van der Waals surface area contributed by atoms with Crippen LogP contribution in [0.25, 0.3) is 0 Å². The number of benzene rings is 1. The molecule has 3 heteroatoms. The van der Waals surface area contributed by atoms with Gasteiger partial charge in [-0.25, -0.2) is 0 Å². The van der Waals surface area contributed by atoms with Gasteiger partial charge >= 0.3 is 0 Å². The van der Waals surface area contributed by atoms with Crippen LogP contribution >= 0.6 is 0 Å². The van der Waals surface area contributed by atoms with Crippen LogP contribution in [-0.2, 0) is 6.54 Å². The first-order valence-corrected chi connectivity index (χ1v) is 7.28. The minimum absolute atomic E-state index is 0.0724. The van der Waals surface area contributed by atoms with E-state index in [1.807, 2.05) is 13.0 Å². The minimum atomic E-state index is 0.0724. The molecule has 0 amide bonds. The van der Waals surface area contributed by atoms with E-state index in [-0.39, 0.29) is 6.04 Å². The van der Waals surface area contributed by atoms with E-state index in [9.17, 15) is 0 Å². The Morgan fingerprint density at radius 3 is 2.68 bits per heavy atom. The van der Waals surface area contributed by atoms with E-state index in [0.29, 0.717) is 0 Å². The summed E-state index contributed by atoms with van der Waals surface area (Å²) < 4.78 is 5.48. The van der Waals surface area contributed by atoms with Crippen molar-refractivity contribution < 1.29 is 4.74 Å². The molecule has 0 heterocycles. The molecule has 106 valence electrons. The molecule has 1 aromatic rings. The highest BCUT2D eigenvalue weighted by molar-refractivity contribution is 5.38. The zero-order valence-corrected chi connectivity index (χ0v) is 12.4. The summed E-state index contributed by atoms with van der Waals surface area (Å²) in [6.45, 7) is 7.50. The summed E-state index contributed by atoms with van der Waals surface area (Å²) >= 11 is 0. The maximum atomic E-state index is 5.97. The summed E-state index contributed by atoms with van der Waals surface area (Å²) in [6.07, 6.45) is 2.79. The normalized spacial score (nSPS) is 16.7. The SMILES string of the molecule is CCN(Cc1cc(C(C)N)ccc1OC)CC1CC1. The van der Waals surface area contributed by atoms with Crippen molar-refractivity contribution in [3.8, 4) is 5.75 Å². The summed E-state index contributed by atoms with van der Waals surface area (Å²) in [5.74, 6) is 1.89. The summed E-state index contributed by atoms with van der Waals surface area (Å²) in [7, 11) is 1.74. The van der Waals surface area contributed by atoms with Crippen LogP contribution in [-0.4, -0.2) is 25.1 Å². The zero-order valence-electron chi connectivity index (χ0n) is 12.4. The minimum Gasteiger partial charge on any atom is -0.496 e. The van der Waals surface area contributed by atoms with Crippen LogP contribution in [0.2, 0.25) is 0 Å². The lowest BCUT2D eigenvalue weighted by molar-refractivity contribution is 0.263. The van der Waals surface area contributed by atoms with Crippen LogP contribution in [0.4, 0.5) is 0 Å². The van der Waals surface area contributed by atoms with Gasteiger partial charge in [0.25, 0.3) is 0 Å². The van der Waals surface area contributed by atoms with Crippen molar-refractivity contribution in [2.24, 2.45) is 11.7 Å². The van der Waals surface area contributed by atoms with Gasteiger partial charge in [0.05, 0.1) is 7.11 Å². The van der Waals surface area contributed by atoms with Gasteiger partial charge in [-0.1, -0.05) is 13.0 Å². The van der Waals surface area contributed by atoms with Crippen molar-refractivity contribution in [3.05, 3.63) is 29.3 Å². The molecule has 2 rings (SSSR count). The highest BCUT2D eigenvalue weighted by Gasteiger charge is 2.24. The van der Waals surface area contributed by atoms with Crippen molar-refractivity contribution in [2.75, 3.05) is 20.2 Å². The van der Waals surface area contributed by atoms with Crippen molar-refractivity contribution >= 4 is 0 Å². The Morgan fingerprint density at radius 1 is 1.42 bits per heavy atom. The number of hydrogen-bond acceptors (Lipinski definition) is 3. The number of hydrogen-bond donors (Lipinski definition) is 1. The first-order chi connectivity index (χ1) is 9.13. The van der Waals surface area contributed by atoms with Gasteiger partial charge in [0, 0.05) is 24.7 Å². The Labute approximate surface area is 116 Å². The lowest BCUT2D eigenvalue weighted by Crippen LogP contribution is -2.25. The predicted octanol–water partition coefficient (Wildman–Crippen LogP) is 2.95. The highest BCUT2D eigenvalue weighted by Crippen LogP contribution is 2.31. The maximum absolute atomic E-state index is 5.97. The Hall–Kier alpha value is -1.06. The van der Waals surface area contributed by atoms with E-state index >= 15 is 0 Å². The lowest BCUT2D eigenvalue weighted by atomic mass is 10.0. The van der Waals surface area contributed by atoms with Crippen LogP contribution in [0.3, 0.4) is 0 Å². The molecule has 1 unspecified atom stereocenters. The van der Waals surface area contributed by atoms with E-state index in [1.165, 1.54) is 30.5 Å².